The summed E-state index contributed by atoms with van der Waals surface area (Å²) in [7, 11) is 1.22. The fraction of sp³-hybridized carbons (Fsp3) is 0.333. The minimum Gasteiger partial charge on any atom is -0.494 e. The van der Waals surface area contributed by atoms with Crippen molar-refractivity contribution in [2.24, 2.45) is 0 Å². The predicted octanol–water partition coefficient (Wildman–Crippen LogP) is 6.42. The number of anilines is 6. The minimum absolute atomic E-state index is 0.237. The summed E-state index contributed by atoms with van der Waals surface area (Å²) in [4.78, 5) is 39.6. The molecule has 2 fully saturated rings. The lowest BCUT2D eigenvalue weighted by Gasteiger charge is -2.38. The number of imide groups is 1. The molecule has 1 aromatic heterocycles. The van der Waals surface area contributed by atoms with E-state index in [0.717, 1.165) is 42.9 Å². The molecule has 4 aromatic rings. The van der Waals surface area contributed by atoms with E-state index in [-0.39, 0.29) is 11.9 Å². The van der Waals surface area contributed by atoms with Gasteiger partial charge in [0.05, 0.1) is 24.7 Å². The number of nitrogens with one attached hydrogen (secondary N) is 3. The highest BCUT2D eigenvalue weighted by molar-refractivity contribution is 7.70. The third kappa shape index (κ3) is 8.04. The summed E-state index contributed by atoms with van der Waals surface area (Å²) in [6.07, 6.45) is 3.76. The maximum Gasteiger partial charge on any atom is 0.328 e. The quantitative estimate of drug-likeness (QED) is 0.150. The first-order chi connectivity index (χ1) is 24.0. The molecule has 12 nitrogen and oxygen atoms in total. The zero-order chi connectivity index (χ0) is 35.4. The van der Waals surface area contributed by atoms with E-state index in [1.54, 1.807) is 25.3 Å². The van der Waals surface area contributed by atoms with Gasteiger partial charge in [0, 0.05) is 61.4 Å². The topological polar surface area (TPSA) is 132 Å². The summed E-state index contributed by atoms with van der Waals surface area (Å²) in [6, 6.07) is 21.4. The molecule has 0 saturated carbocycles. The zero-order valence-corrected chi connectivity index (χ0v) is 30.3. The number of ether oxygens (including phenoxy) is 1. The number of carbonyl (C=O) groups excluding carboxylic acids is 2. The van der Waals surface area contributed by atoms with Crippen molar-refractivity contribution >= 4 is 70.5 Å². The summed E-state index contributed by atoms with van der Waals surface area (Å²) in [5.41, 5.74) is 4.34. The molecule has 0 bridgehead atoms. The third-order valence-electron chi connectivity index (χ3n) is 9.12. The molecule has 262 valence electrons. The second-order valence-electron chi connectivity index (χ2n) is 12.9. The van der Waals surface area contributed by atoms with Crippen LogP contribution in [0, 0.1) is 0 Å². The van der Waals surface area contributed by atoms with Gasteiger partial charge in [-0.3, -0.25) is 19.9 Å². The average Bonchev–Trinajstić information content (AvgIpc) is 3.10. The largest absolute Gasteiger partial charge is 0.494 e. The number of hydrogen-bond acceptors (Lipinski definition) is 10. The molecule has 6 rings (SSSR count). The molecule has 0 atom stereocenters. The maximum absolute atomic E-state index is 12.9. The van der Waals surface area contributed by atoms with E-state index >= 15 is 0 Å². The number of benzene rings is 3. The molecule has 3 heterocycles. The molecule has 0 radical (unpaired) electrons. The number of halogens is 1. The van der Waals surface area contributed by atoms with Crippen LogP contribution in [0.5, 0.6) is 5.75 Å². The smallest absolute Gasteiger partial charge is 0.328 e. The summed E-state index contributed by atoms with van der Waals surface area (Å²) >= 11 is 6.46. The molecule has 2 aliphatic rings. The van der Waals surface area contributed by atoms with Crippen LogP contribution in [0.2, 0.25) is 5.02 Å². The predicted molar refractivity (Wildman–Crippen MR) is 201 cm³/mol. The molecule has 3 N–H and O–H groups in total. The number of nitrogens with zero attached hydrogens (tertiary/aromatic N) is 5. The van der Waals surface area contributed by atoms with Crippen LogP contribution in [0.1, 0.15) is 24.8 Å². The summed E-state index contributed by atoms with van der Waals surface area (Å²) < 4.78 is 18.6. The SMILES string of the molecule is COc1cc(N2CCC(N(C)Cc3ccccc3N3CCC(=O)NC3=O)CC2)ccc1Nc1ncc(Cl)c(Nc2ccccc2P(C)(C)=O)n1. The van der Waals surface area contributed by atoms with E-state index in [4.69, 9.17) is 16.3 Å². The van der Waals surface area contributed by atoms with Crippen LogP contribution in [0.3, 0.4) is 0 Å². The van der Waals surface area contributed by atoms with E-state index in [1.165, 1.54) is 6.20 Å². The Balaban J connectivity index is 1.09. The normalized spacial score (nSPS) is 15.6. The lowest BCUT2D eigenvalue weighted by molar-refractivity contribution is -0.120. The first kappa shape index (κ1) is 35.2. The fourth-order valence-electron chi connectivity index (χ4n) is 6.46. The molecule has 0 aliphatic carbocycles. The second-order valence-corrected chi connectivity index (χ2v) is 16.5. The van der Waals surface area contributed by atoms with E-state index in [0.29, 0.717) is 64.8 Å². The molecule has 50 heavy (non-hydrogen) atoms. The molecule has 0 spiro atoms. The van der Waals surface area contributed by atoms with Gasteiger partial charge in [-0.25, -0.2) is 9.78 Å². The van der Waals surface area contributed by atoms with Crippen LogP contribution in [0.25, 0.3) is 0 Å². The van der Waals surface area contributed by atoms with Gasteiger partial charge >= 0.3 is 6.03 Å². The van der Waals surface area contributed by atoms with Crippen molar-refractivity contribution in [1.29, 1.82) is 0 Å². The van der Waals surface area contributed by atoms with Gasteiger partial charge in [-0.05, 0) is 69.1 Å². The highest BCUT2D eigenvalue weighted by Gasteiger charge is 2.28. The Morgan fingerprint density at radius 2 is 1.74 bits per heavy atom. The number of aromatic nitrogens is 2. The van der Waals surface area contributed by atoms with E-state index in [1.807, 2.05) is 54.6 Å². The number of hydrogen-bond donors (Lipinski definition) is 3. The van der Waals surface area contributed by atoms with Gasteiger partial charge in [0.15, 0.2) is 5.82 Å². The van der Waals surface area contributed by atoms with Crippen molar-refractivity contribution in [3.63, 3.8) is 0 Å². The van der Waals surface area contributed by atoms with Gasteiger partial charge in [-0.1, -0.05) is 41.9 Å². The van der Waals surface area contributed by atoms with E-state index in [2.05, 4.69) is 54.9 Å². The van der Waals surface area contributed by atoms with Crippen LogP contribution in [-0.2, 0) is 15.9 Å². The number of methoxy groups -OCH3 is 1. The lowest BCUT2D eigenvalue weighted by atomic mass is 10.0. The van der Waals surface area contributed by atoms with Crippen molar-refractivity contribution < 1.29 is 18.9 Å². The summed E-state index contributed by atoms with van der Waals surface area (Å²) in [5.74, 6) is 1.14. The van der Waals surface area contributed by atoms with Crippen LogP contribution in [0.15, 0.2) is 72.9 Å². The Morgan fingerprint density at radius 1 is 1.00 bits per heavy atom. The van der Waals surface area contributed by atoms with Crippen molar-refractivity contribution in [1.82, 2.24) is 20.2 Å². The molecule has 3 amide bonds. The Morgan fingerprint density at radius 3 is 2.48 bits per heavy atom. The van der Waals surface area contributed by atoms with E-state index in [9.17, 15) is 14.2 Å². The zero-order valence-electron chi connectivity index (χ0n) is 28.6. The van der Waals surface area contributed by atoms with Crippen molar-refractivity contribution in [2.75, 3.05) is 67.6 Å². The Hall–Kier alpha value is -4.64. The number of rotatable bonds is 11. The van der Waals surface area contributed by atoms with Gasteiger partial charge < -0.3 is 24.8 Å². The van der Waals surface area contributed by atoms with Gasteiger partial charge in [0.2, 0.25) is 11.9 Å². The Bertz CT molecular complexity index is 1930. The molecule has 14 heteroatoms. The van der Waals surface area contributed by atoms with E-state index < -0.39 is 7.14 Å². The number of piperidine rings is 1. The number of carbonyl (C=O) groups is 2. The first-order valence-electron chi connectivity index (χ1n) is 16.5. The van der Waals surface area contributed by atoms with Crippen molar-refractivity contribution in [2.45, 2.75) is 31.8 Å². The number of urea groups is 1. The van der Waals surface area contributed by atoms with Crippen LogP contribution in [0.4, 0.5) is 39.3 Å². The molecular weight excluding hydrogens is 675 g/mol. The van der Waals surface area contributed by atoms with Gasteiger partial charge in [0.25, 0.3) is 0 Å². The Labute approximate surface area is 297 Å². The highest BCUT2D eigenvalue weighted by Crippen LogP contribution is 2.39. The lowest BCUT2D eigenvalue weighted by Crippen LogP contribution is -2.50. The number of amides is 3. The standard InChI is InChI=1S/C36H42ClN8O4P/c1-43(23-24-9-5-7-11-30(24)45-20-17-33(46)41-36(45)47)25-15-18-44(19-16-25)26-13-14-28(31(21-26)49-2)40-35-38-22-27(37)34(42-35)39-29-10-6-8-12-32(29)50(3,4)48/h5-14,21-22,25H,15-20,23H2,1-4H3,(H,41,46,47)(H2,38,39,40,42). The first-order valence-corrected chi connectivity index (χ1v) is 19.5. The number of para-hydroxylation sites is 2. The minimum atomic E-state index is -2.55. The van der Waals surface area contributed by atoms with Gasteiger partial charge in [-0.15, -0.1) is 0 Å². The van der Waals surface area contributed by atoms with Gasteiger partial charge in [0.1, 0.15) is 17.9 Å². The molecule has 3 aromatic carbocycles. The summed E-state index contributed by atoms with van der Waals surface area (Å²) in [6.45, 7) is 6.29. The van der Waals surface area contributed by atoms with Crippen LogP contribution < -0.4 is 35.8 Å². The van der Waals surface area contributed by atoms with Crippen LogP contribution in [-0.4, -0.2) is 80.0 Å². The molecule has 2 saturated heterocycles. The third-order valence-corrected chi connectivity index (χ3v) is 10.9. The highest BCUT2D eigenvalue weighted by atomic mass is 35.5. The fourth-order valence-corrected chi connectivity index (χ4v) is 7.75. The second kappa shape index (κ2) is 15.1. The molecular formula is C36H42ClN8O4P. The molecule has 0 unspecified atom stereocenters. The van der Waals surface area contributed by atoms with Crippen LogP contribution >= 0.6 is 18.7 Å². The monoisotopic (exact) mass is 716 g/mol. The summed E-state index contributed by atoms with van der Waals surface area (Å²) in [5, 5.41) is 9.97. The Kier molecular flexibility index (Phi) is 10.6. The maximum atomic E-state index is 12.9. The molecule has 2 aliphatic heterocycles. The average molecular weight is 717 g/mol. The van der Waals surface area contributed by atoms with Crippen molar-refractivity contribution in [3.05, 3.63) is 83.5 Å². The van der Waals surface area contributed by atoms with Gasteiger partial charge in [-0.2, -0.15) is 4.98 Å². The van der Waals surface area contributed by atoms with Crippen molar-refractivity contribution in [3.8, 4) is 5.75 Å².